The average Bonchev–Trinajstić information content (AvgIpc) is 3.10. The van der Waals surface area contributed by atoms with Gasteiger partial charge < -0.3 is 14.0 Å². The third kappa shape index (κ3) is 3.45. The smallest absolute Gasteiger partial charge is 0.341 e. The maximum atomic E-state index is 13.2. The van der Waals surface area contributed by atoms with E-state index in [4.69, 9.17) is 9.47 Å². The van der Waals surface area contributed by atoms with Crippen molar-refractivity contribution < 1.29 is 14.3 Å². The number of esters is 1. The van der Waals surface area contributed by atoms with E-state index in [0.29, 0.717) is 23.5 Å². The highest BCUT2D eigenvalue weighted by molar-refractivity contribution is 5.96. The van der Waals surface area contributed by atoms with Crippen molar-refractivity contribution in [3.63, 3.8) is 0 Å². The first-order chi connectivity index (χ1) is 14.5. The predicted molar refractivity (Wildman–Crippen MR) is 113 cm³/mol. The fourth-order valence-electron chi connectivity index (χ4n) is 3.42. The molecule has 0 unspecified atom stereocenters. The van der Waals surface area contributed by atoms with Crippen molar-refractivity contribution >= 4 is 5.97 Å². The number of carbonyl (C=O) groups excluding carboxylic acids is 1. The van der Waals surface area contributed by atoms with Crippen LogP contribution in [0.4, 0.5) is 0 Å². The van der Waals surface area contributed by atoms with Crippen LogP contribution in [0.1, 0.15) is 21.5 Å². The zero-order valence-corrected chi connectivity index (χ0v) is 17.0. The number of benzene rings is 2. The van der Waals surface area contributed by atoms with E-state index < -0.39 is 5.97 Å². The Morgan fingerprint density at radius 3 is 2.43 bits per heavy atom. The van der Waals surface area contributed by atoms with Crippen LogP contribution >= 0.6 is 0 Å². The first kappa shape index (κ1) is 19.4. The number of fused-ring (bicyclic) bond motifs is 1. The molecule has 2 aliphatic heterocycles. The van der Waals surface area contributed by atoms with Crippen molar-refractivity contribution in [3.05, 3.63) is 88.0 Å². The van der Waals surface area contributed by atoms with E-state index in [9.17, 15) is 9.59 Å². The summed E-state index contributed by atoms with van der Waals surface area (Å²) in [4.78, 5) is 25.6. The molecule has 0 spiro atoms. The minimum absolute atomic E-state index is 0.243. The molecule has 0 atom stereocenters. The molecule has 0 aromatic heterocycles. The van der Waals surface area contributed by atoms with Gasteiger partial charge in [0.15, 0.2) is 0 Å². The van der Waals surface area contributed by atoms with Crippen LogP contribution in [0.2, 0.25) is 0 Å². The van der Waals surface area contributed by atoms with Crippen molar-refractivity contribution in [1.82, 2.24) is 14.3 Å². The maximum absolute atomic E-state index is 13.2. The molecule has 2 aliphatic rings. The zero-order valence-electron chi connectivity index (χ0n) is 17.0. The second-order valence-corrected chi connectivity index (χ2v) is 6.95. The number of hydrogen-bond acceptors (Lipinski definition) is 5. The summed E-state index contributed by atoms with van der Waals surface area (Å²) in [5, 5.41) is 4.46. The van der Waals surface area contributed by atoms with Gasteiger partial charge in [0.1, 0.15) is 17.0 Å². The summed E-state index contributed by atoms with van der Waals surface area (Å²) in [5.41, 5.74) is 3.22. The summed E-state index contributed by atoms with van der Waals surface area (Å²) in [6.45, 7) is 2.38. The molecule has 30 heavy (non-hydrogen) atoms. The first-order valence-corrected chi connectivity index (χ1v) is 9.42. The number of hydrogen-bond donors (Lipinski definition) is 0. The SMILES string of the molecule is COC(=O)c1cn(Cc2ccc(OC)cc2)cc2c(=O)n(-c3ccccc3C)nc1-2. The minimum atomic E-state index is -0.543. The van der Waals surface area contributed by atoms with Crippen molar-refractivity contribution in [1.29, 1.82) is 0 Å². The van der Waals surface area contributed by atoms with Gasteiger partial charge in [-0.15, -0.1) is 0 Å². The van der Waals surface area contributed by atoms with Gasteiger partial charge in [-0.2, -0.15) is 9.78 Å². The Hall–Kier alpha value is -3.87. The molecule has 152 valence electrons. The summed E-state index contributed by atoms with van der Waals surface area (Å²) in [5.74, 6) is 0.217. The first-order valence-electron chi connectivity index (χ1n) is 9.42. The summed E-state index contributed by atoms with van der Waals surface area (Å²) in [6.07, 6.45) is 3.38. The van der Waals surface area contributed by atoms with Crippen LogP contribution in [0.3, 0.4) is 0 Å². The van der Waals surface area contributed by atoms with E-state index in [0.717, 1.165) is 16.9 Å². The van der Waals surface area contributed by atoms with Gasteiger partial charge in [-0.05, 0) is 36.2 Å². The molecule has 2 aromatic rings. The summed E-state index contributed by atoms with van der Waals surface area (Å²) in [6, 6.07) is 15.1. The molecule has 0 radical (unpaired) electrons. The van der Waals surface area contributed by atoms with Crippen molar-refractivity contribution in [2.45, 2.75) is 13.5 Å². The summed E-state index contributed by atoms with van der Waals surface area (Å²) in [7, 11) is 2.92. The fraction of sp³-hybridized carbons (Fsp3) is 0.174. The standard InChI is InChI=1S/C23H21N3O4/c1-15-6-4-5-7-20(15)26-22(27)18-13-25(12-16-8-10-17(29-2)11-9-16)14-19(21(18)24-26)23(28)30-3/h4-11,13-14H,12H2,1-3H3. The third-order valence-electron chi connectivity index (χ3n) is 5.00. The Morgan fingerprint density at radius 2 is 1.77 bits per heavy atom. The van der Waals surface area contributed by atoms with Gasteiger partial charge >= 0.3 is 5.97 Å². The van der Waals surface area contributed by atoms with E-state index in [1.807, 2.05) is 55.5 Å². The van der Waals surface area contributed by atoms with Crippen LogP contribution in [0.5, 0.6) is 5.75 Å². The normalized spacial score (nSPS) is 10.9. The Bertz CT molecular complexity index is 1240. The Kier molecular flexibility index (Phi) is 5.10. The molecule has 2 aromatic carbocycles. The van der Waals surface area contributed by atoms with Crippen LogP contribution in [-0.4, -0.2) is 34.5 Å². The second-order valence-electron chi connectivity index (χ2n) is 6.95. The molecule has 0 amide bonds. The Morgan fingerprint density at radius 1 is 1.03 bits per heavy atom. The molecule has 7 heteroatoms. The number of rotatable bonds is 5. The highest BCUT2D eigenvalue weighted by atomic mass is 16.5. The minimum Gasteiger partial charge on any atom is -0.497 e. The van der Waals surface area contributed by atoms with Crippen molar-refractivity contribution in [2.75, 3.05) is 14.2 Å². The molecule has 0 bridgehead atoms. The van der Waals surface area contributed by atoms with Gasteiger partial charge in [0, 0.05) is 18.9 Å². The van der Waals surface area contributed by atoms with Gasteiger partial charge in [0.05, 0.1) is 25.5 Å². The number of pyridine rings is 1. The summed E-state index contributed by atoms with van der Waals surface area (Å²) >= 11 is 0. The van der Waals surface area contributed by atoms with Crippen molar-refractivity contribution in [2.24, 2.45) is 0 Å². The monoisotopic (exact) mass is 403 g/mol. The second kappa shape index (κ2) is 7.87. The maximum Gasteiger partial charge on any atom is 0.341 e. The van der Waals surface area contributed by atoms with Gasteiger partial charge in [-0.25, -0.2) is 4.79 Å². The Labute approximate surface area is 173 Å². The van der Waals surface area contributed by atoms with Crippen LogP contribution in [-0.2, 0) is 11.3 Å². The highest BCUT2D eigenvalue weighted by Crippen LogP contribution is 2.24. The average molecular weight is 403 g/mol. The van der Waals surface area contributed by atoms with Gasteiger partial charge in [0.2, 0.25) is 0 Å². The van der Waals surface area contributed by atoms with E-state index in [-0.39, 0.29) is 11.1 Å². The molecule has 0 aliphatic carbocycles. The van der Waals surface area contributed by atoms with Crippen LogP contribution in [0, 0.1) is 6.92 Å². The Balaban J connectivity index is 1.86. The van der Waals surface area contributed by atoms with Crippen LogP contribution in [0.15, 0.2) is 65.7 Å². The van der Waals surface area contributed by atoms with E-state index in [1.54, 1.807) is 24.1 Å². The lowest BCUT2D eigenvalue weighted by atomic mass is 10.1. The lowest BCUT2D eigenvalue weighted by Crippen LogP contribution is -2.16. The molecule has 2 heterocycles. The molecule has 7 nitrogen and oxygen atoms in total. The number of aryl methyl sites for hydroxylation is 1. The quantitative estimate of drug-likeness (QED) is 0.478. The van der Waals surface area contributed by atoms with Crippen molar-refractivity contribution in [3.8, 4) is 22.7 Å². The lowest BCUT2D eigenvalue weighted by molar-refractivity contribution is 0.0600. The van der Waals surface area contributed by atoms with E-state index in [2.05, 4.69) is 5.10 Å². The number of methoxy groups -OCH3 is 2. The summed E-state index contributed by atoms with van der Waals surface area (Å²) < 4.78 is 13.3. The predicted octanol–water partition coefficient (Wildman–Crippen LogP) is 3.29. The van der Waals surface area contributed by atoms with Gasteiger partial charge in [0.25, 0.3) is 5.56 Å². The molecule has 0 fully saturated rings. The zero-order chi connectivity index (χ0) is 21.3. The largest absolute Gasteiger partial charge is 0.497 e. The molecule has 0 saturated carbocycles. The van der Waals surface area contributed by atoms with E-state index in [1.165, 1.54) is 11.8 Å². The molecule has 0 saturated heterocycles. The fourth-order valence-corrected chi connectivity index (χ4v) is 3.42. The number of nitrogens with zero attached hydrogens (tertiary/aromatic N) is 3. The molecule has 4 rings (SSSR count). The highest BCUT2D eigenvalue weighted by Gasteiger charge is 2.25. The van der Waals surface area contributed by atoms with Crippen LogP contribution < -0.4 is 10.3 Å². The lowest BCUT2D eigenvalue weighted by Gasteiger charge is -2.12. The third-order valence-corrected chi connectivity index (χ3v) is 5.00. The number of aromatic nitrogens is 3. The molecular weight excluding hydrogens is 382 g/mol. The van der Waals surface area contributed by atoms with Crippen LogP contribution in [0.25, 0.3) is 16.9 Å². The topological polar surface area (TPSA) is 75.3 Å². The number of ether oxygens (including phenoxy) is 2. The van der Waals surface area contributed by atoms with Gasteiger partial charge in [-0.1, -0.05) is 30.3 Å². The molecule has 0 N–H and O–H groups in total. The number of para-hydroxylation sites is 1. The van der Waals surface area contributed by atoms with E-state index >= 15 is 0 Å². The number of carbonyl (C=O) groups is 1. The van der Waals surface area contributed by atoms with Gasteiger partial charge in [-0.3, -0.25) is 4.79 Å². The molecular formula is C23H21N3O4.